The van der Waals surface area contributed by atoms with Gasteiger partial charge in [-0.2, -0.15) is 0 Å². The Labute approximate surface area is 124 Å². The van der Waals surface area contributed by atoms with Crippen molar-refractivity contribution in [3.63, 3.8) is 0 Å². The zero-order valence-corrected chi connectivity index (χ0v) is 12.2. The molecule has 2 amide bonds. The van der Waals surface area contributed by atoms with Gasteiger partial charge in [-0.05, 0) is 30.5 Å². The number of amides is 2. The van der Waals surface area contributed by atoms with E-state index in [1.807, 2.05) is 24.3 Å². The van der Waals surface area contributed by atoms with Crippen LogP contribution >= 0.6 is 0 Å². The Bertz CT molecular complexity index is 558. The fourth-order valence-corrected chi connectivity index (χ4v) is 3.20. The van der Waals surface area contributed by atoms with Crippen molar-refractivity contribution in [1.82, 2.24) is 4.90 Å². The molecule has 21 heavy (non-hydrogen) atoms. The number of hydrogen-bond donors (Lipinski definition) is 0. The smallest absolute Gasteiger partial charge is 0.249 e. The van der Waals surface area contributed by atoms with Crippen molar-refractivity contribution in [1.29, 1.82) is 0 Å². The van der Waals surface area contributed by atoms with Crippen LogP contribution in [-0.4, -0.2) is 43.0 Å². The molecule has 1 aromatic rings. The molecule has 0 aliphatic carbocycles. The summed E-state index contributed by atoms with van der Waals surface area (Å²) >= 11 is 0. The Morgan fingerprint density at radius 3 is 2.95 bits per heavy atom. The molecule has 3 rings (SSSR count). The maximum Gasteiger partial charge on any atom is 0.249 e. The fourth-order valence-electron chi connectivity index (χ4n) is 3.20. The predicted molar refractivity (Wildman–Crippen MR) is 78.9 cm³/mol. The SMILES string of the molecule is COCc1cccc(N2CCC(=O)N3CCCC3C2=O)c1. The van der Waals surface area contributed by atoms with Crippen molar-refractivity contribution >= 4 is 17.5 Å². The highest BCUT2D eigenvalue weighted by atomic mass is 16.5. The van der Waals surface area contributed by atoms with E-state index in [4.69, 9.17) is 4.74 Å². The Kier molecular flexibility index (Phi) is 3.92. The third-order valence-electron chi connectivity index (χ3n) is 4.21. The van der Waals surface area contributed by atoms with Gasteiger partial charge in [0.1, 0.15) is 6.04 Å². The zero-order chi connectivity index (χ0) is 14.8. The Morgan fingerprint density at radius 2 is 2.14 bits per heavy atom. The van der Waals surface area contributed by atoms with Gasteiger partial charge in [0.2, 0.25) is 11.8 Å². The first-order valence-corrected chi connectivity index (χ1v) is 7.39. The molecule has 0 bridgehead atoms. The lowest BCUT2D eigenvalue weighted by atomic mass is 10.1. The molecule has 0 spiro atoms. The normalized spacial score (nSPS) is 22.4. The van der Waals surface area contributed by atoms with Crippen LogP contribution in [0.4, 0.5) is 5.69 Å². The van der Waals surface area contributed by atoms with Crippen LogP contribution in [0.25, 0.3) is 0 Å². The minimum Gasteiger partial charge on any atom is -0.380 e. The summed E-state index contributed by atoms with van der Waals surface area (Å²) in [5.41, 5.74) is 1.89. The van der Waals surface area contributed by atoms with Crippen LogP contribution in [0.2, 0.25) is 0 Å². The number of hydrogen-bond acceptors (Lipinski definition) is 3. The molecule has 112 valence electrons. The first-order valence-electron chi connectivity index (χ1n) is 7.39. The lowest BCUT2D eigenvalue weighted by Gasteiger charge is -2.25. The summed E-state index contributed by atoms with van der Waals surface area (Å²) in [4.78, 5) is 28.4. The molecular weight excluding hydrogens is 268 g/mol. The number of fused-ring (bicyclic) bond motifs is 1. The van der Waals surface area contributed by atoms with E-state index < -0.39 is 0 Å². The molecule has 2 aliphatic rings. The Balaban J connectivity index is 1.88. The van der Waals surface area contributed by atoms with Crippen molar-refractivity contribution in [2.45, 2.75) is 31.9 Å². The van der Waals surface area contributed by atoms with Crippen LogP contribution in [0.1, 0.15) is 24.8 Å². The Hall–Kier alpha value is -1.88. The molecule has 2 aliphatic heterocycles. The lowest BCUT2D eigenvalue weighted by molar-refractivity contribution is -0.135. The van der Waals surface area contributed by atoms with Crippen molar-refractivity contribution < 1.29 is 14.3 Å². The third kappa shape index (κ3) is 2.65. The molecule has 0 aromatic heterocycles. The lowest BCUT2D eigenvalue weighted by Crippen LogP contribution is -2.43. The number of benzene rings is 1. The maximum atomic E-state index is 12.7. The molecule has 2 saturated heterocycles. The molecule has 0 N–H and O–H groups in total. The third-order valence-corrected chi connectivity index (χ3v) is 4.21. The van der Waals surface area contributed by atoms with Crippen molar-refractivity contribution in [2.24, 2.45) is 0 Å². The van der Waals surface area contributed by atoms with Crippen LogP contribution in [0.5, 0.6) is 0 Å². The highest BCUT2D eigenvalue weighted by Crippen LogP contribution is 2.27. The average molecular weight is 288 g/mol. The first-order chi connectivity index (χ1) is 10.2. The first kappa shape index (κ1) is 14.1. The van der Waals surface area contributed by atoms with Gasteiger partial charge in [0.05, 0.1) is 6.61 Å². The second kappa shape index (κ2) is 5.85. The number of methoxy groups -OCH3 is 1. The van der Waals surface area contributed by atoms with E-state index in [9.17, 15) is 9.59 Å². The summed E-state index contributed by atoms with van der Waals surface area (Å²) in [6, 6.07) is 7.52. The highest BCUT2D eigenvalue weighted by molar-refractivity contribution is 6.01. The van der Waals surface area contributed by atoms with Gasteiger partial charge in [0.25, 0.3) is 0 Å². The standard InChI is InChI=1S/C16H20N2O3/c1-21-11-12-4-2-5-13(10-12)17-9-7-15(19)18-8-3-6-14(18)16(17)20/h2,4-5,10,14H,3,6-9,11H2,1H3. The quantitative estimate of drug-likeness (QED) is 0.848. The van der Waals surface area contributed by atoms with E-state index in [1.165, 1.54) is 0 Å². The number of carbonyl (C=O) groups excluding carboxylic acids is 2. The second-order valence-electron chi connectivity index (χ2n) is 5.59. The van der Waals surface area contributed by atoms with Crippen molar-refractivity contribution in [3.8, 4) is 0 Å². The van der Waals surface area contributed by atoms with E-state index in [2.05, 4.69) is 0 Å². The van der Waals surface area contributed by atoms with E-state index in [1.54, 1.807) is 16.9 Å². The van der Waals surface area contributed by atoms with Gasteiger partial charge in [0, 0.05) is 32.3 Å². The van der Waals surface area contributed by atoms with Crippen LogP contribution in [0.15, 0.2) is 24.3 Å². The van der Waals surface area contributed by atoms with Gasteiger partial charge in [-0.1, -0.05) is 12.1 Å². The summed E-state index contributed by atoms with van der Waals surface area (Å²) in [7, 11) is 1.65. The molecule has 1 aromatic carbocycles. The van der Waals surface area contributed by atoms with Crippen molar-refractivity contribution in [2.75, 3.05) is 25.1 Å². The summed E-state index contributed by atoms with van der Waals surface area (Å²) < 4.78 is 5.14. The second-order valence-corrected chi connectivity index (χ2v) is 5.59. The highest BCUT2D eigenvalue weighted by Gasteiger charge is 2.39. The Morgan fingerprint density at radius 1 is 1.29 bits per heavy atom. The van der Waals surface area contributed by atoms with Gasteiger partial charge in [-0.15, -0.1) is 0 Å². The number of anilines is 1. The van der Waals surface area contributed by atoms with Crippen LogP contribution < -0.4 is 4.90 Å². The van der Waals surface area contributed by atoms with E-state index in [0.717, 1.165) is 24.1 Å². The van der Waals surface area contributed by atoms with Gasteiger partial charge in [-0.3, -0.25) is 9.59 Å². The molecule has 5 nitrogen and oxygen atoms in total. The van der Waals surface area contributed by atoms with Gasteiger partial charge in [0.15, 0.2) is 0 Å². The number of nitrogens with zero attached hydrogens (tertiary/aromatic N) is 2. The van der Waals surface area contributed by atoms with Crippen LogP contribution in [0.3, 0.4) is 0 Å². The number of rotatable bonds is 3. The van der Waals surface area contributed by atoms with Gasteiger partial charge >= 0.3 is 0 Å². The molecule has 2 heterocycles. The molecule has 1 unspecified atom stereocenters. The molecule has 5 heteroatoms. The van der Waals surface area contributed by atoms with E-state index in [0.29, 0.717) is 26.1 Å². The fraction of sp³-hybridized carbons (Fsp3) is 0.500. The molecular formula is C16H20N2O3. The summed E-state index contributed by atoms with van der Waals surface area (Å²) in [6.07, 6.45) is 2.09. The van der Waals surface area contributed by atoms with Gasteiger partial charge in [-0.25, -0.2) is 0 Å². The minimum absolute atomic E-state index is 0.0490. The monoisotopic (exact) mass is 288 g/mol. The summed E-state index contributed by atoms with van der Waals surface area (Å²) in [6.45, 7) is 1.69. The summed E-state index contributed by atoms with van der Waals surface area (Å²) in [5.74, 6) is 0.148. The molecule has 1 atom stereocenters. The topological polar surface area (TPSA) is 49.9 Å². The number of ether oxygens (including phenoxy) is 1. The average Bonchev–Trinajstić information content (AvgIpc) is 2.93. The van der Waals surface area contributed by atoms with Crippen LogP contribution in [-0.2, 0) is 20.9 Å². The van der Waals surface area contributed by atoms with E-state index >= 15 is 0 Å². The van der Waals surface area contributed by atoms with Crippen LogP contribution in [0, 0.1) is 0 Å². The summed E-state index contributed by atoms with van der Waals surface area (Å²) in [5, 5.41) is 0. The predicted octanol–water partition coefficient (Wildman–Crippen LogP) is 1.56. The maximum absolute atomic E-state index is 12.7. The van der Waals surface area contributed by atoms with Crippen molar-refractivity contribution in [3.05, 3.63) is 29.8 Å². The van der Waals surface area contributed by atoms with Gasteiger partial charge < -0.3 is 14.5 Å². The minimum atomic E-state index is -0.272. The zero-order valence-electron chi connectivity index (χ0n) is 12.2. The number of carbonyl (C=O) groups is 2. The molecule has 2 fully saturated rings. The largest absolute Gasteiger partial charge is 0.380 e. The molecule has 0 radical (unpaired) electrons. The molecule has 0 saturated carbocycles. The van der Waals surface area contributed by atoms with E-state index in [-0.39, 0.29) is 17.9 Å².